The van der Waals surface area contributed by atoms with Gasteiger partial charge in [0.1, 0.15) is 81.5 Å². The fourth-order valence-electron chi connectivity index (χ4n) is 12.8. The molecule has 5 aliphatic heterocycles. The van der Waals surface area contributed by atoms with E-state index in [2.05, 4.69) is 44.9 Å². The minimum Gasteiger partial charge on any atom is -0.780 e. The average molecular weight is 1730 g/mol. The van der Waals surface area contributed by atoms with Gasteiger partial charge in [-0.05, 0) is 52.0 Å². The van der Waals surface area contributed by atoms with E-state index in [4.69, 9.17) is 158 Å². The summed E-state index contributed by atoms with van der Waals surface area (Å²) in [7, 11) is 0. The van der Waals surface area contributed by atoms with E-state index in [1.165, 1.54) is 64.9 Å². The van der Waals surface area contributed by atoms with E-state index in [0.717, 1.165) is 9.13 Å². The first-order valence-corrected chi connectivity index (χ1v) is 46.9. The molecule has 5 fully saturated rings. The number of nitrogen functional groups attached to an aromatic ring is 3. The van der Waals surface area contributed by atoms with E-state index >= 15 is 0 Å². The summed E-state index contributed by atoms with van der Waals surface area (Å²) >= 11 is 33.1. The first-order valence-electron chi connectivity index (χ1n) is 33.1. The lowest BCUT2D eigenvalue weighted by Gasteiger charge is -2.36. The molecule has 0 radical (unpaired) electrons. The van der Waals surface area contributed by atoms with Crippen LogP contribution < -0.4 is 71.2 Å². The second-order valence-electron chi connectivity index (χ2n) is 26.2. The number of ether oxygens (including phenoxy) is 5. The van der Waals surface area contributed by atoms with Gasteiger partial charge in [-0.25, -0.2) is 24.4 Å². The van der Waals surface area contributed by atoms with Crippen LogP contribution in [0.3, 0.4) is 0 Å². The van der Waals surface area contributed by atoms with Crippen LogP contribution in [0.25, 0.3) is 22.3 Å². The highest BCUT2D eigenvalue weighted by molar-refractivity contribution is 8.51. The molecule has 7 aromatic rings. The SMILES string of the molecule is Cc1cn([C@H]2C[C@@H](OP([O-])(=S)OC[C@H]3O[C@@H](n4ccc(N)nc4=O)C[C@H]3C(C)C)[C@@H](COP(=O)([S-])O[C@@H]3C[C@H](n4cnc5c(=O)[nH]c(N)nc54)O[C@@H]3COP([O-])(=S)O[C@@H]3C[C@H](n4cc(C)c(=O)[nH]c4=O)O[C@@H]3COP(=S)([S-])O[C@@H]3C[C@H](n4cnc5c(=O)[nH]c(N)nc54)O[C@@H]3COP([O-])(=S)OC(C)C)O2)c(=O)[nH]c1=O. The molecule has 20 atom stereocenters. The molecule has 0 spiro atoms. The fraction of sp³-hybridized carbons (Fsp3) is 0.600. The standard InChI is InChI=1S/C55H76N17O26P5S6/c1-23(2)27-9-38(68-8-7-37(56)61-53(68)77)89-32(27)16-84-100(81,105)95-28-10-39(69-14-25(5)47(73)66-54(69)78)90-33(28)17-86-102(83,107)97-30-12-41(71-21-59-43-45(71)62-51(57)64-49(43)75)92-34(30)18-87-101(82,106)96-29-11-40(70-15-26(6)48(74)67-55(70)79)91-36(29)20-88-103(108,109)98-31-13-42(93-35(31)19-85-99(80,104)94-24(3)4)72-22-60-44-46(72)63-52(58)65-50(44)76/h7-8,14-15,21-24,27-36,38-42H,9-13,16-20H2,1-6H3,(H,80,104)(H,81,105)(H,82,106)(H,83,107)(H,108,109)(H2,56,61,77)(H,66,73,78)(H,67,74,79)(H3,57,62,64,75)(H3,58,63,65,76)/p-5/t27-,28+,29+,30+,31+,32+,33+,34+,35+,36+,38+,39+,40+,41+,42+,99?,100?,101?,102?/m0/s1. The number of imidazole rings is 2. The number of fused-ring (bicyclic) bond motifs is 2. The zero-order valence-corrected chi connectivity index (χ0v) is 67.2. The van der Waals surface area contributed by atoms with Crippen molar-refractivity contribution >= 4 is 144 Å². The van der Waals surface area contributed by atoms with Crippen LogP contribution in [0.15, 0.2) is 70.9 Å². The van der Waals surface area contributed by atoms with Crippen molar-refractivity contribution in [2.45, 2.75) is 166 Å². The highest BCUT2D eigenvalue weighted by Gasteiger charge is 2.47. The predicted molar refractivity (Wildman–Crippen MR) is 396 cm³/mol. The zero-order valence-electron chi connectivity index (χ0n) is 57.9. The molecule has 109 heavy (non-hydrogen) atoms. The summed E-state index contributed by atoms with van der Waals surface area (Å²) in [6.07, 6.45) is -12.3. The minimum absolute atomic E-state index is 0.00612. The number of hydrogen-bond acceptors (Lipinski definition) is 40. The number of hydrogen-bond donors (Lipinski definition) is 7. The van der Waals surface area contributed by atoms with Gasteiger partial charge in [0.05, 0.1) is 88.0 Å². The van der Waals surface area contributed by atoms with Gasteiger partial charge in [0.25, 0.3) is 22.2 Å². The molecule has 12 rings (SSSR count). The topological polar surface area (TPSA) is 575 Å². The third kappa shape index (κ3) is 20.1. The van der Waals surface area contributed by atoms with E-state index in [0.29, 0.717) is 6.42 Å². The lowest BCUT2D eigenvalue weighted by atomic mass is 9.89. The fourth-order valence-corrected chi connectivity index (χ4v) is 20.7. The van der Waals surface area contributed by atoms with Crippen molar-refractivity contribution in [1.82, 2.24) is 67.7 Å². The Bertz CT molecular complexity index is 5280. The normalized spacial score (nSPS) is 28.8. The van der Waals surface area contributed by atoms with Gasteiger partial charge in [0, 0.05) is 55.4 Å². The second-order valence-corrected chi connectivity index (χ2v) is 42.0. The lowest BCUT2D eigenvalue weighted by molar-refractivity contribution is -0.216. The third-order valence-corrected chi connectivity index (χ3v) is 26.4. The van der Waals surface area contributed by atoms with Crippen molar-refractivity contribution in [1.29, 1.82) is 0 Å². The van der Waals surface area contributed by atoms with E-state index < -0.39 is 191 Å². The molecular formula is C55H71N17O26P5S6-5. The highest BCUT2D eigenvalue weighted by atomic mass is 32.9. The Kier molecular flexibility index (Phi) is 25.7. The molecule has 0 bridgehead atoms. The first-order chi connectivity index (χ1) is 51.2. The largest absolute Gasteiger partial charge is 0.780 e. The van der Waals surface area contributed by atoms with Crippen LogP contribution in [0.2, 0.25) is 0 Å². The maximum Gasteiger partial charge on any atom is 0.351 e. The Labute approximate surface area is 645 Å². The monoisotopic (exact) mass is 1730 g/mol. The van der Waals surface area contributed by atoms with Gasteiger partial charge in [0.2, 0.25) is 11.9 Å². The molecule has 54 heteroatoms. The number of anilines is 3. The number of nitrogens with zero attached hydrogens (tertiary/aromatic N) is 10. The lowest BCUT2D eigenvalue weighted by Crippen LogP contribution is -2.33. The second kappa shape index (κ2) is 33.5. The van der Waals surface area contributed by atoms with Crippen molar-refractivity contribution in [2.24, 2.45) is 11.8 Å². The van der Waals surface area contributed by atoms with Crippen molar-refractivity contribution in [3.8, 4) is 0 Å². The molecule has 0 saturated carbocycles. The van der Waals surface area contributed by atoms with E-state index in [1.54, 1.807) is 13.8 Å². The molecule has 7 aromatic heterocycles. The summed E-state index contributed by atoms with van der Waals surface area (Å²) in [4.78, 5) is 162. The summed E-state index contributed by atoms with van der Waals surface area (Å²) < 4.78 is 111. The number of rotatable bonds is 31. The van der Waals surface area contributed by atoms with Crippen LogP contribution in [-0.2, 0) is 145 Å². The molecule has 0 aliphatic carbocycles. The molecule has 5 saturated heterocycles. The average Bonchev–Trinajstić information content (AvgIpc) is 1.63. The van der Waals surface area contributed by atoms with Gasteiger partial charge in [-0.1, -0.05) is 61.1 Å². The molecule has 0 aromatic carbocycles. The molecule has 0 amide bonds. The Morgan fingerprint density at radius 2 is 0.917 bits per heavy atom. The van der Waals surface area contributed by atoms with Crippen LogP contribution in [0, 0.1) is 25.7 Å². The molecule has 10 N–H and O–H groups in total. The van der Waals surface area contributed by atoms with Crippen LogP contribution in [0.1, 0.15) is 102 Å². The van der Waals surface area contributed by atoms with Gasteiger partial charge in [-0.3, -0.25) is 66.5 Å². The molecule has 598 valence electrons. The van der Waals surface area contributed by atoms with Crippen LogP contribution >= 0.6 is 32.6 Å². The first kappa shape index (κ1) is 83.6. The molecule has 12 heterocycles. The molecular weight excluding hydrogens is 1660 g/mol. The van der Waals surface area contributed by atoms with Gasteiger partial charge in [0.15, 0.2) is 29.1 Å². The van der Waals surface area contributed by atoms with Crippen molar-refractivity contribution < 1.29 is 88.2 Å². The third-order valence-electron chi connectivity index (χ3n) is 17.8. The highest BCUT2D eigenvalue weighted by Crippen LogP contribution is 2.56. The van der Waals surface area contributed by atoms with Crippen LogP contribution in [0.4, 0.5) is 17.7 Å². The number of aromatic amines is 4. The summed E-state index contributed by atoms with van der Waals surface area (Å²) in [6.45, 7) is -11.7. The van der Waals surface area contributed by atoms with Gasteiger partial charge in [-0.2, -0.15) is 15.0 Å². The molecule has 43 nitrogen and oxygen atoms in total. The predicted octanol–water partition coefficient (Wildman–Crippen LogP) is -0.0872. The van der Waals surface area contributed by atoms with Crippen molar-refractivity contribution in [3.05, 3.63) is 121 Å². The number of aryl methyl sites for hydroxylation is 2. The van der Waals surface area contributed by atoms with Crippen molar-refractivity contribution in [3.63, 3.8) is 0 Å². The number of aromatic nitrogens is 14. The van der Waals surface area contributed by atoms with Crippen molar-refractivity contribution in [2.75, 3.05) is 50.2 Å². The van der Waals surface area contributed by atoms with Crippen LogP contribution in [0.5, 0.6) is 0 Å². The maximum atomic E-state index is 14.7. The van der Waals surface area contributed by atoms with E-state index in [-0.39, 0.29) is 95.3 Å². The number of nitrogens with one attached hydrogen (secondary N) is 4. The minimum atomic E-state index is -4.88. The Morgan fingerprint density at radius 1 is 0.523 bits per heavy atom. The Hall–Kier alpha value is -4.85. The van der Waals surface area contributed by atoms with Gasteiger partial charge < -0.3 is 125 Å². The summed E-state index contributed by atoms with van der Waals surface area (Å²) in [6, 6.07) is 1.43. The molecule has 5 aliphatic rings. The quantitative estimate of drug-likeness (QED) is 0.0221. The molecule has 5 unspecified atom stereocenters. The van der Waals surface area contributed by atoms with Gasteiger partial charge in [-0.15, -0.1) is 0 Å². The summed E-state index contributed by atoms with van der Waals surface area (Å²) in [5.74, 6) is -0.828. The number of H-pyrrole nitrogens is 4. The zero-order chi connectivity index (χ0) is 78.7. The Morgan fingerprint density at radius 3 is 1.37 bits per heavy atom. The Balaban J connectivity index is 0.758. The van der Waals surface area contributed by atoms with E-state index in [1.807, 2.05) is 13.8 Å². The van der Waals surface area contributed by atoms with E-state index in [9.17, 15) is 52.8 Å². The van der Waals surface area contributed by atoms with Crippen LogP contribution in [-0.4, -0.2) is 162 Å². The van der Waals surface area contributed by atoms with Gasteiger partial charge >= 0.3 is 17.1 Å². The maximum absolute atomic E-state index is 14.7. The number of nitrogens with two attached hydrogens (primary N) is 3. The summed E-state index contributed by atoms with van der Waals surface area (Å²) in [5, 5.41) is 0. The smallest absolute Gasteiger partial charge is 0.351 e. The summed E-state index contributed by atoms with van der Waals surface area (Å²) in [5.41, 5.74) is 8.20.